The molecule has 8 nitrogen and oxygen atoms in total. The molecule has 4 rings (SSSR count). The lowest BCUT2D eigenvalue weighted by molar-refractivity contribution is 0.0746. The molecule has 0 aliphatic carbocycles. The van der Waals surface area contributed by atoms with Crippen LogP contribution >= 0.6 is 0 Å². The Morgan fingerprint density at radius 3 is 1.83 bits per heavy atom. The van der Waals surface area contributed by atoms with Gasteiger partial charge in [-0.25, -0.2) is 0 Å². The van der Waals surface area contributed by atoms with Crippen molar-refractivity contribution in [2.75, 3.05) is 75.8 Å². The van der Waals surface area contributed by atoms with Gasteiger partial charge in [0.1, 0.15) is 5.75 Å². The first-order valence-corrected chi connectivity index (χ1v) is 10.7. The molecule has 0 bridgehead atoms. The van der Waals surface area contributed by atoms with Crippen LogP contribution in [0.25, 0.3) is 0 Å². The topological polar surface area (TPSA) is 65.0 Å². The van der Waals surface area contributed by atoms with Gasteiger partial charge < -0.3 is 24.3 Å². The average molecular weight is 411 g/mol. The van der Waals surface area contributed by atoms with Gasteiger partial charge in [0, 0.05) is 57.9 Å². The molecule has 2 aromatic rings. The van der Waals surface area contributed by atoms with Crippen LogP contribution < -0.4 is 14.5 Å². The van der Waals surface area contributed by atoms with Gasteiger partial charge in [0.25, 0.3) is 5.91 Å². The number of anilines is 2. The van der Waals surface area contributed by atoms with Crippen molar-refractivity contribution < 1.29 is 9.53 Å². The molecule has 0 atom stereocenters. The quantitative estimate of drug-likeness (QED) is 0.742. The van der Waals surface area contributed by atoms with E-state index < -0.39 is 0 Å². The molecule has 160 valence electrons. The number of hydrogen-bond donors (Lipinski definition) is 0. The van der Waals surface area contributed by atoms with Crippen LogP contribution in [0.4, 0.5) is 11.6 Å². The number of amides is 1. The molecule has 1 amide bonds. The second-order valence-electron chi connectivity index (χ2n) is 7.68. The largest absolute Gasteiger partial charge is 0.497 e. The number of aromatic nitrogens is 2. The molecule has 2 aliphatic rings. The van der Waals surface area contributed by atoms with Gasteiger partial charge >= 0.3 is 0 Å². The van der Waals surface area contributed by atoms with E-state index in [-0.39, 0.29) is 5.91 Å². The summed E-state index contributed by atoms with van der Waals surface area (Å²) in [6.07, 6.45) is 0. The smallest absolute Gasteiger partial charge is 0.253 e. The third kappa shape index (κ3) is 4.48. The molecule has 2 aliphatic heterocycles. The summed E-state index contributed by atoms with van der Waals surface area (Å²) in [5.41, 5.74) is 0.691. The van der Waals surface area contributed by atoms with Crippen molar-refractivity contribution >= 4 is 17.5 Å². The zero-order valence-electron chi connectivity index (χ0n) is 17.8. The Bertz CT molecular complexity index is 826. The van der Waals surface area contributed by atoms with E-state index in [9.17, 15) is 4.79 Å². The highest BCUT2D eigenvalue weighted by atomic mass is 16.5. The van der Waals surface area contributed by atoms with Crippen LogP contribution in [0.3, 0.4) is 0 Å². The van der Waals surface area contributed by atoms with Crippen molar-refractivity contribution in [1.29, 1.82) is 0 Å². The first-order chi connectivity index (χ1) is 14.7. The fourth-order valence-corrected chi connectivity index (χ4v) is 4.00. The van der Waals surface area contributed by atoms with Crippen LogP contribution in [0.15, 0.2) is 36.4 Å². The van der Waals surface area contributed by atoms with Crippen LogP contribution in [0.2, 0.25) is 0 Å². The van der Waals surface area contributed by atoms with Crippen molar-refractivity contribution in [1.82, 2.24) is 20.0 Å². The lowest BCUT2D eigenvalue weighted by Crippen LogP contribution is -2.49. The molecule has 0 radical (unpaired) electrons. The second-order valence-corrected chi connectivity index (χ2v) is 7.68. The number of rotatable bonds is 5. The fraction of sp³-hybridized carbons (Fsp3) is 0.500. The van der Waals surface area contributed by atoms with E-state index in [1.54, 1.807) is 7.11 Å². The number of benzene rings is 1. The van der Waals surface area contributed by atoms with E-state index in [2.05, 4.69) is 44.0 Å². The molecule has 0 saturated carbocycles. The lowest BCUT2D eigenvalue weighted by atomic mass is 10.1. The number of carbonyl (C=O) groups excluding carboxylic acids is 1. The Morgan fingerprint density at radius 1 is 0.833 bits per heavy atom. The Hall–Kier alpha value is -2.87. The molecule has 0 unspecified atom stereocenters. The number of hydrogen-bond acceptors (Lipinski definition) is 7. The standard InChI is InChI=1S/C22H30N6O2/c1-3-25-10-12-26(13-11-25)20-8-9-21(24-23-20)27-14-16-28(17-15-27)22(29)18-4-6-19(30-2)7-5-18/h4-9H,3,10-17H2,1-2H3. The zero-order chi connectivity index (χ0) is 20.9. The molecule has 2 fully saturated rings. The van der Waals surface area contributed by atoms with Gasteiger partial charge in [0.2, 0.25) is 0 Å². The summed E-state index contributed by atoms with van der Waals surface area (Å²) in [6, 6.07) is 11.4. The molecular weight excluding hydrogens is 380 g/mol. The normalized spacial score (nSPS) is 17.9. The minimum Gasteiger partial charge on any atom is -0.497 e. The maximum atomic E-state index is 12.7. The van der Waals surface area contributed by atoms with Gasteiger partial charge in [0.15, 0.2) is 11.6 Å². The maximum absolute atomic E-state index is 12.7. The van der Waals surface area contributed by atoms with E-state index in [1.165, 1.54) is 0 Å². The van der Waals surface area contributed by atoms with Gasteiger partial charge in [-0.1, -0.05) is 6.92 Å². The van der Waals surface area contributed by atoms with Crippen molar-refractivity contribution in [3.05, 3.63) is 42.0 Å². The Balaban J connectivity index is 1.31. The number of nitrogens with zero attached hydrogens (tertiary/aromatic N) is 6. The van der Waals surface area contributed by atoms with E-state index in [0.717, 1.165) is 63.2 Å². The van der Waals surface area contributed by atoms with Crippen LogP contribution in [0.1, 0.15) is 17.3 Å². The summed E-state index contributed by atoms with van der Waals surface area (Å²) in [4.78, 5) is 21.6. The minimum absolute atomic E-state index is 0.0601. The summed E-state index contributed by atoms with van der Waals surface area (Å²) in [5.74, 6) is 2.64. The summed E-state index contributed by atoms with van der Waals surface area (Å²) in [5, 5.41) is 8.94. The highest BCUT2D eigenvalue weighted by Crippen LogP contribution is 2.19. The lowest BCUT2D eigenvalue weighted by Gasteiger charge is -2.36. The third-order valence-electron chi connectivity index (χ3n) is 6.01. The summed E-state index contributed by atoms with van der Waals surface area (Å²) >= 11 is 0. The fourth-order valence-electron chi connectivity index (χ4n) is 4.00. The Labute approximate surface area is 178 Å². The number of likely N-dealkylation sites (N-methyl/N-ethyl adjacent to an activating group) is 1. The van der Waals surface area contributed by atoms with Gasteiger partial charge in [-0.2, -0.15) is 0 Å². The van der Waals surface area contributed by atoms with E-state index >= 15 is 0 Å². The minimum atomic E-state index is 0.0601. The van der Waals surface area contributed by atoms with Crippen molar-refractivity contribution in [3.63, 3.8) is 0 Å². The van der Waals surface area contributed by atoms with Crippen molar-refractivity contribution in [2.24, 2.45) is 0 Å². The SMILES string of the molecule is CCN1CCN(c2ccc(N3CCN(C(=O)c4ccc(OC)cc4)CC3)nn2)CC1. The molecule has 2 saturated heterocycles. The molecule has 3 heterocycles. The number of ether oxygens (including phenoxy) is 1. The molecule has 0 N–H and O–H groups in total. The highest BCUT2D eigenvalue weighted by molar-refractivity contribution is 5.94. The van der Waals surface area contributed by atoms with Crippen molar-refractivity contribution in [3.8, 4) is 5.75 Å². The number of piperazine rings is 2. The Kier molecular flexibility index (Phi) is 6.32. The molecular formula is C22H30N6O2. The highest BCUT2D eigenvalue weighted by Gasteiger charge is 2.24. The predicted octanol–water partition coefficient (Wildman–Crippen LogP) is 1.59. The first kappa shape index (κ1) is 20.4. The second kappa shape index (κ2) is 9.30. The average Bonchev–Trinajstić information content (AvgIpc) is 2.84. The molecule has 8 heteroatoms. The van der Waals surface area contributed by atoms with Gasteiger partial charge in [0.05, 0.1) is 7.11 Å². The van der Waals surface area contributed by atoms with Gasteiger partial charge in [-0.15, -0.1) is 10.2 Å². The Morgan fingerprint density at radius 2 is 1.37 bits per heavy atom. The van der Waals surface area contributed by atoms with Crippen LogP contribution in [0.5, 0.6) is 5.75 Å². The number of carbonyl (C=O) groups is 1. The summed E-state index contributed by atoms with van der Waals surface area (Å²) < 4.78 is 5.16. The van der Waals surface area contributed by atoms with E-state index in [0.29, 0.717) is 18.7 Å². The molecule has 30 heavy (non-hydrogen) atoms. The number of methoxy groups -OCH3 is 1. The van der Waals surface area contributed by atoms with Crippen molar-refractivity contribution in [2.45, 2.75) is 6.92 Å². The van der Waals surface area contributed by atoms with Crippen LogP contribution in [-0.4, -0.2) is 91.9 Å². The van der Waals surface area contributed by atoms with E-state index in [1.807, 2.05) is 29.2 Å². The van der Waals surface area contributed by atoms with Crippen LogP contribution in [0, 0.1) is 0 Å². The van der Waals surface area contributed by atoms with E-state index in [4.69, 9.17) is 4.74 Å². The summed E-state index contributed by atoms with van der Waals surface area (Å²) in [6.45, 7) is 10.3. The van der Waals surface area contributed by atoms with Gasteiger partial charge in [-0.3, -0.25) is 4.79 Å². The first-order valence-electron chi connectivity index (χ1n) is 10.7. The molecule has 1 aromatic carbocycles. The molecule has 0 spiro atoms. The maximum Gasteiger partial charge on any atom is 0.253 e. The summed E-state index contributed by atoms with van der Waals surface area (Å²) in [7, 11) is 1.62. The monoisotopic (exact) mass is 410 g/mol. The van der Waals surface area contributed by atoms with Gasteiger partial charge in [-0.05, 0) is 42.9 Å². The predicted molar refractivity (Wildman–Crippen MR) is 117 cm³/mol. The zero-order valence-corrected chi connectivity index (χ0v) is 17.8. The molecule has 1 aromatic heterocycles. The van der Waals surface area contributed by atoms with Crippen LogP contribution in [-0.2, 0) is 0 Å². The third-order valence-corrected chi connectivity index (χ3v) is 6.01.